The molecule has 4 rings (SSSR count). The van der Waals surface area contributed by atoms with Crippen molar-refractivity contribution >= 4 is 23.9 Å². The summed E-state index contributed by atoms with van der Waals surface area (Å²) in [7, 11) is 0. The van der Waals surface area contributed by atoms with Gasteiger partial charge < -0.3 is 14.8 Å². The van der Waals surface area contributed by atoms with Gasteiger partial charge in [-0.1, -0.05) is 30.3 Å². The Morgan fingerprint density at radius 1 is 1.17 bits per heavy atom. The van der Waals surface area contributed by atoms with Crippen LogP contribution in [0.2, 0.25) is 0 Å². The number of hydrogen-bond acceptors (Lipinski definition) is 6. The summed E-state index contributed by atoms with van der Waals surface area (Å²) in [5.41, 5.74) is 2.16. The van der Waals surface area contributed by atoms with E-state index in [2.05, 4.69) is 5.32 Å². The van der Waals surface area contributed by atoms with Crippen LogP contribution in [0.4, 0.5) is 4.79 Å². The molecule has 2 aromatic rings. The van der Waals surface area contributed by atoms with E-state index in [1.54, 1.807) is 6.07 Å². The van der Waals surface area contributed by atoms with Crippen LogP contribution in [-0.2, 0) is 20.7 Å². The first-order chi connectivity index (χ1) is 14.4. The number of esters is 2. The topological polar surface area (TPSA) is 102 Å². The molecular formula is C22H20N2O6. The number of benzene rings is 2. The maximum absolute atomic E-state index is 12.6. The first-order valence-corrected chi connectivity index (χ1v) is 9.63. The van der Waals surface area contributed by atoms with Gasteiger partial charge in [0.05, 0.1) is 11.1 Å². The molecular weight excluding hydrogens is 388 g/mol. The number of nitrogens with one attached hydrogen (secondary N) is 1. The normalized spacial score (nSPS) is 18.8. The van der Waals surface area contributed by atoms with Gasteiger partial charge in [0.1, 0.15) is 6.10 Å². The molecule has 0 aromatic heterocycles. The Balaban J connectivity index is 1.49. The minimum atomic E-state index is -1.11. The molecule has 0 bridgehead atoms. The third-order valence-corrected chi connectivity index (χ3v) is 5.14. The standard InChI is InChI=1S/C22H20N2O6/c1-13(19(25)24-10-9-23-22(24)28)29-20(26)15-7-8-17-16(11-15)12-18(30-21(17)27)14-5-3-2-4-6-14/h2-8,11,13,18H,9-10,12H2,1H3,(H,23,28)/t13-,18+/m1/s1. The predicted molar refractivity (Wildman–Crippen MR) is 105 cm³/mol. The van der Waals surface area contributed by atoms with Crippen molar-refractivity contribution in [3.05, 3.63) is 70.8 Å². The summed E-state index contributed by atoms with van der Waals surface area (Å²) in [6.45, 7) is 2.03. The second-order valence-corrected chi connectivity index (χ2v) is 7.15. The lowest BCUT2D eigenvalue weighted by Gasteiger charge is -2.25. The third-order valence-electron chi connectivity index (χ3n) is 5.14. The maximum Gasteiger partial charge on any atom is 0.339 e. The predicted octanol–water partition coefficient (Wildman–Crippen LogP) is 2.24. The van der Waals surface area contributed by atoms with E-state index in [-0.39, 0.29) is 12.1 Å². The molecule has 2 aliphatic heterocycles. The molecule has 0 radical (unpaired) electrons. The molecule has 2 heterocycles. The molecule has 30 heavy (non-hydrogen) atoms. The van der Waals surface area contributed by atoms with Gasteiger partial charge in [-0.15, -0.1) is 0 Å². The van der Waals surface area contributed by atoms with Crippen LogP contribution in [0, 0.1) is 0 Å². The van der Waals surface area contributed by atoms with Crippen LogP contribution < -0.4 is 5.32 Å². The third kappa shape index (κ3) is 3.76. The highest BCUT2D eigenvalue weighted by Crippen LogP contribution is 2.31. The van der Waals surface area contributed by atoms with Crippen LogP contribution in [-0.4, -0.2) is 48.0 Å². The van der Waals surface area contributed by atoms with Crippen LogP contribution in [0.15, 0.2) is 48.5 Å². The summed E-state index contributed by atoms with van der Waals surface area (Å²) in [6, 6.07) is 13.4. The van der Waals surface area contributed by atoms with E-state index >= 15 is 0 Å². The van der Waals surface area contributed by atoms with E-state index in [1.165, 1.54) is 19.1 Å². The molecule has 2 aliphatic rings. The van der Waals surface area contributed by atoms with Crippen LogP contribution in [0.1, 0.15) is 44.9 Å². The van der Waals surface area contributed by atoms with Gasteiger partial charge in [0, 0.05) is 19.5 Å². The Bertz CT molecular complexity index is 1020. The highest BCUT2D eigenvalue weighted by Gasteiger charge is 2.32. The maximum atomic E-state index is 12.6. The molecule has 1 fully saturated rings. The van der Waals surface area contributed by atoms with Crippen molar-refractivity contribution in [3.63, 3.8) is 0 Å². The van der Waals surface area contributed by atoms with Gasteiger partial charge in [0.2, 0.25) is 0 Å². The number of imide groups is 1. The Labute approximate surface area is 172 Å². The summed E-state index contributed by atoms with van der Waals surface area (Å²) in [6.07, 6.45) is -1.12. The zero-order chi connectivity index (χ0) is 21.3. The lowest BCUT2D eigenvalue weighted by atomic mass is 9.93. The zero-order valence-corrected chi connectivity index (χ0v) is 16.3. The zero-order valence-electron chi connectivity index (χ0n) is 16.3. The molecule has 3 amide bonds. The Kier molecular flexibility index (Phi) is 5.22. The number of carbonyl (C=O) groups is 4. The van der Waals surface area contributed by atoms with Gasteiger partial charge in [-0.25, -0.2) is 14.4 Å². The summed E-state index contributed by atoms with van der Waals surface area (Å²) < 4.78 is 10.8. The Hall–Kier alpha value is -3.68. The van der Waals surface area contributed by atoms with E-state index in [4.69, 9.17) is 9.47 Å². The minimum absolute atomic E-state index is 0.223. The van der Waals surface area contributed by atoms with Crippen molar-refractivity contribution < 1.29 is 28.7 Å². The van der Waals surface area contributed by atoms with Crippen LogP contribution >= 0.6 is 0 Å². The first-order valence-electron chi connectivity index (χ1n) is 9.63. The molecule has 2 atom stereocenters. The Morgan fingerprint density at radius 2 is 1.93 bits per heavy atom. The van der Waals surface area contributed by atoms with Gasteiger partial charge in [0.15, 0.2) is 6.10 Å². The molecule has 1 N–H and O–H groups in total. The molecule has 8 nitrogen and oxygen atoms in total. The van der Waals surface area contributed by atoms with Crippen molar-refractivity contribution in [2.24, 2.45) is 0 Å². The van der Waals surface area contributed by atoms with Crippen LogP contribution in [0.3, 0.4) is 0 Å². The number of fused-ring (bicyclic) bond motifs is 1. The highest BCUT2D eigenvalue weighted by atomic mass is 16.6. The van der Waals surface area contributed by atoms with Crippen LogP contribution in [0.25, 0.3) is 0 Å². The largest absolute Gasteiger partial charge is 0.454 e. The molecule has 0 saturated carbocycles. The number of carbonyl (C=O) groups excluding carboxylic acids is 4. The fourth-order valence-corrected chi connectivity index (χ4v) is 3.56. The molecule has 1 saturated heterocycles. The number of amides is 3. The number of ether oxygens (including phenoxy) is 2. The number of urea groups is 1. The Morgan fingerprint density at radius 3 is 2.63 bits per heavy atom. The lowest BCUT2D eigenvalue weighted by Crippen LogP contribution is -2.41. The quantitative estimate of drug-likeness (QED) is 0.779. The van der Waals surface area contributed by atoms with Crippen molar-refractivity contribution in [2.45, 2.75) is 25.6 Å². The SMILES string of the molecule is C[C@@H](OC(=O)c1ccc2c(c1)C[C@@H](c1ccccc1)OC2=O)C(=O)N1CCNC1=O. The second kappa shape index (κ2) is 7.98. The fraction of sp³-hybridized carbons (Fsp3) is 0.273. The van der Waals surface area contributed by atoms with Crippen molar-refractivity contribution in [3.8, 4) is 0 Å². The molecule has 8 heteroatoms. The molecule has 2 aromatic carbocycles. The number of cyclic esters (lactones) is 1. The molecule has 0 unspecified atom stereocenters. The second-order valence-electron chi connectivity index (χ2n) is 7.15. The summed E-state index contributed by atoms with van der Waals surface area (Å²) in [4.78, 5) is 49.9. The molecule has 154 valence electrons. The van der Waals surface area contributed by atoms with E-state index in [0.717, 1.165) is 10.5 Å². The van der Waals surface area contributed by atoms with Gasteiger partial charge in [-0.2, -0.15) is 0 Å². The highest BCUT2D eigenvalue weighted by molar-refractivity contribution is 6.00. The van der Waals surface area contributed by atoms with Gasteiger partial charge in [-0.3, -0.25) is 9.69 Å². The van der Waals surface area contributed by atoms with E-state index in [9.17, 15) is 19.2 Å². The number of hydrogen-bond donors (Lipinski definition) is 1. The first kappa shape index (κ1) is 19.6. The van der Waals surface area contributed by atoms with Gasteiger partial charge in [0.25, 0.3) is 5.91 Å². The minimum Gasteiger partial charge on any atom is -0.454 e. The summed E-state index contributed by atoms with van der Waals surface area (Å²) in [5.74, 6) is -1.73. The summed E-state index contributed by atoms with van der Waals surface area (Å²) >= 11 is 0. The monoisotopic (exact) mass is 408 g/mol. The van der Waals surface area contributed by atoms with E-state index in [0.29, 0.717) is 24.1 Å². The van der Waals surface area contributed by atoms with Gasteiger partial charge >= 0.3 is 18.0 Å². The van der Waals surface area contributed by atoms with E-state index < -0.39 is 36.1 Å². The average molecular weight is 408 g/mol. The van der Waals surface area contributed by atoms with Crippen LogP contribution in [0.5, 0.6) is 0 Å². The lowest BCUT2D eigenvalue weighted by molar-refractivity contribution is -0.136. The number of nitrogens with zero attached hydrogens (tertiary/aromatic N) is 1. The molecule has 0 spiro atoms. The number of rotatable bonds is 4. The van der Waals surface area contributed by atoms with Crippen molar-refractivity contribution in [1.82, 2.24) is 10.2 Å². The smallest absolute Gasteiger partial charge is 0.339 e. The summed E-state index contributed by atoms with van der Waals surface area (Å²) in [5, 5.41) is 2.53. The van der Waals surface area contributed by atoms with Crippen molar-refractivity contribution in [2.75, 3.05) is 13.1 Å². The molecule has 0 aliphatic carbocycles. The van der Waals surface area contributed by atoms with E-state index in [1.807, 2.05) is 30.3 Å². The van der Waals surface area contributed by atoms with Crippen molar-refractivity contribution in [1.29, 1.82) is 0 Å². The fourth-order valence-electron chi connectivity index (χ4n) is 3.56. The average Bonchev–Trinajstić information content (AvgIpc) is 3.19. The van der Waals surface area contributed by atoms with Gasteiger partial charge in [-0.05, 0) is 36.2 Å².